The molecule has 1 radical (unpaired) electrons. The van der Waals surface area contributed by atoms with Gasteiger partial charge in [-0.1, -0.05) is 6.07 Å². The SMILES string of the molecule is O=[N+]([O-])Sc1cccc(S[S])c1. The Labute approximate surface area is 83.0 Å². The molecule has 0 aromatic heterocycles. The summed E-state index contributed by atoms with van der Waals surface area (Å²) in [6.07, 6.45) is 0. The zero-order valence-corrected chi connectivity index (χ0v) is 8.25. The van der Waals surface area contributed by atoms with Crippen LogP contribution in [0.1, 0.15) is 0 Å². The lowest BCUT2D eigenvalue weighted by molar-refractivity contribution is -0.284. The molecule has 0 N–H and O–H groups in total. The zero-order valence-electron chi connectivity index (χ0n) is 5.80. The normalized spacial score (nSPS) is 9.75. The molecule has 0 aliphatic rings. The van der Waals surface area contributed by atoms with Crippen LogP contribution in [0, 0.1) is 10.1 Å². The van der Waals surface area contributed by atoms with Crippen molar-refractivity contribution in [3.05, 3.63) is 34.4 Å². The number of benzene rings is 1. The van der Waals surface area contributed by atoms with E-state index in [-0.39, 0.29) is 0 Å². The van der Waals surface area contributed by atoms with Gasteiger partial charge >= 0.3 is 0 Å². The van der Waals surface area contributed by atoms with Crippen LogP contribution < -0.4 is 0 Å². The quantitative estimate of drug-likeness (QED) is 0.338. The van der Waals surface area contributed by atoms with Crippen molar-refractivity contribution in [3.8, 4) is 0 Å². The molecule has 0 saturated heterocycles. The zero-order chi connectivity index (χ0) is 8.97. The molecule has 6 heteroatoms. The largest absolute Gasteiger partial charge is 0.265 e. The van der Waals surface area contributed by atoms with Crippen molar-refractivity contribution in [2.24, 2.45) is 0 Å². The van der Waals surface area contributed by atoms with Crippen molar-refractivity contribution >= 4 is 34.4 Å². The average Bonchev–Trinajstić information content (AvgIpc) is 2.03. The van der Waals surface area contributed by atoms with E-state index in [1.807, 2.05) is 6.07 Å². The Hall–Kier alpha value is -0.330. The van der Waals surface area contributed by atoms with Gasteiger partial charge in [-0.2, -0.15) is 0 Å². The molecule has 0 bridgehead atoms. The first-order chi connectivity index (χ1) is 5.72. The lowest BCUT2D eigenvalue weighted by atomic mass is 10.4. The van der Waals surface area contributed by atoms with Gasteiger partial charge < -0.3 is 0 Å². The van der Waals surface area contributed by atoms with Crippen LogP contribution in [0.15, 0.2) is 34.1 Å². The number of nitrogens with zero attached hydrogens (tertiary/aromatic N) is 1. The van der Waals surface area contributed by atoms with Gasteiger partial charge in [-0.3, -0.25) is 10.1 Å². The molecule has 1 aromatic rings. The summed E-state index contributed by atoms with van der Waals surface area (Å²) in [6, 6.07) is 6.95. The first-order valence-electron chi connectivity index (χ1n) is 2.94. The maximum absolute atomic E-state index is 10.1. The fourth-order valence-corrected chi connectivity index (χ4v) is 1.85. The summed E-state index contributed by atoms with van der Waals surface area (Å²) in [5, 5.41) is 10.1. The number of rotatable bonds is 3. The lowest BCUT2D eigenvalue weighted by Crippen LogP contribution is -1.82. The monoisotopic (exact) mass is 218 g/mol. The van der Waals surface area contributed by atoms with Crippen molar-refractivity contribution < 1.29 is 4.33 Å². The third-order valence-corrected chi connectivity index (χ3v) is 2.72. The highest BCUT2D eigenvalue weighted by molar-refractivity contribution is 8.68. The predicted molar refractivity (Wildman–Crippen MR) is 52.7 cm³/mol. The molecule has 0 atom stereocenters. The van der Waals surface area contributed by atoms with Gasteiger partial charge in [0.2, 0.25) is 0 Å². The van der Waals surface area contributed by atoms with Crippen LogP contribution in [0.5, 0.6) is 0 Å². The molecular weight excluding hydrogens is 214 g/mol. The van der Waals surface area contributed by atoms with E-state index < -0.39 is 4.33 Å². The van der Waals surface area contributed by atoms with E-state index in [4.69, 9.17) is 11.7 Å². The first kappa shape index (κ1) is 9.76. The van der Waals surface area contributed by atoms with Crippen molar-refractivity contribution in [3.63, 3.8) is 0 Å². The second-order valence-electron chi connectivity index (χ2n) is 1.87. The van der Waals surface area contributed by atoms with Gasteiger partial charge in [-0.15, -0.1) is 0 Å². The highest BCUT2D eigenvalue weighted by atomic mass is 33.1. The maximum Gasteiger partial charge on any atom is 0.265 e. The molecule has 63 valence electrons. The number of hydrogen-bond acceptors (Lipinski definition) is 4. The Bertz CT molecular complexity index is 292. The standard InChI is InChI=1S/C6H4NO2S3/c8-7(9)11-5-2-1-3-6(4-5)12-10/h1-4H. The van der Waals surface area contributed by atoms with E-state index in [1.165, 1.54) is 0 Å². The minimum Gasteiger partial charge on any atom is -0.250 e. The van der Waals surface area contributed by atoms with E-state index in [0.29, 0.717) is 16.8 Å². The minimum absolute atomic E-state index is 0.437. The van der Waals surface area contributed by atoms with Gasteiger partial charge in [0.05, 0.1) is 4.90 Å². The molecule has 0 unspecified atom stereocenters. The van der Waals surface area contributed by atoms with Crippen LogP contribution >= 0.6 is 34.4 Å². The summed E-state index contributed by atoms with van der Waals surface area (Å²) >= 11 is 5.32. The van der Waals surface area contributed by atoms with Crippen molar-refractivity contribution in [2.75, 3.05) is 0 Å². The molecule has 0 aliphatic carbocycles. The third-order valence-electron chi connectivity index (χ3n) is 1.08. The summed E-state index contributed by atoms with van der Waals surface area (Å²) in [7, 11) is 1.16. The Balaban J connectivity index is 2.79. The Kier molecular flexibility index (Phi) is 3.77. The summed E-state index contributed by atoms with van der Waals surface area (Å²) in [5.41, 5.74) is 0. The minimum atomic E-state index is -0.437. The summed E-state index contributed by atoms with van der Waals surface area (Å²) in [5.74, 6) is 0. The number of hydrogen-bond donors (Lipinski definition) is 0. The van der Waals surface area contributed by atoms with Gasteiger partial charge in [-0.25, -0.2) is 0 Å². The smallest absolute Gasteiger partial charge is 0.250 e. The fraction of sp³-hybridized carbons (Fsp3) is 0. The van der Waals surface area contributed by atoms with E-state index in [1.54, 1.807) is 18.2 Å². The molecule has 0 amide bonds. The van der Waals surface area contributed by atoms with Crippen molar-refractivity contribution in [1.82, 2.24) is 0 Å². The average molecular weight is 218 g/mol. The molecule has 1 aromatic carbocycles. The van der Waals surface area contributed by atoms with Crippen LogP contribution in [-0.2, 0) is 0 Å². The second kappa shape index (κ2) is 4.64. The molecule has 0 fully saturated rings. The molecule has 12 heavy (non-hydrogen) atoms. The summed E-state index contributed by atoms with van der Waals surface area (Å²) in [4.78, 5) is 11.6. The van der Waals surface area contributed by atoms with Crippen LogP contribution in [-0.4, -0.2) is 4.33 Å². The molecule has 0 aliphatic heterocycles. The van der Waals surface area contributed by atoms with Crippen LogP contribution in [0.4, 0.5) is 0 Å². The predicted octanol–water partition coefficient (Wildman–Crippen LogP) is 3.18. The van der Waals surface area contributed by atoms with Crippen molar-refractivity contribution in [1.29, 1.82) is 0 Å². The highest BCUT2D eigenvalue weighted by Crippen LogP contribution is 2.26. The topological polar surface area (TPSA) is 43.1 Å². The maximum atomic E-state index is 10.1. The second-order valence-corrected chi connectivity index (χ2v) is 3.96. The third kappa shape index (κ3) is 2.96. The summed E-state index contributed by atoms with van der Waals surface area (Å²) < 4.78 is -0.437. The summed E-state index contributed by atoms with van der Waals surface area (Å²) in [6.45, 7) is 0. The molecule has 0 saturated carbocycles. The van der Waals surface area contributed by atoms with E-state index in [2.05, 4.69) is 0 Å². The molecule has 1 rings (SSSR count). The van der Waals surface area contributed by atoms with Crippen LogP contribution in [0.25, 0.3) is 0 Å². The van der Waals surface area contributed by atoms with Gasteiger partial charge in [0.15, 0.2) is 0 Å². The van der Waals surface area contributed by atoms with Gasteiger partial charge in [0.1, 0.15) is 4.33 Å². The van der Waals surface area contributed by atoms with Gasteiger partial charge in [0, 0.05) is 4.90 Å². The van der Waals surface area contributed by atoms with E-state index >= 15 is 0 Å². The van der Waals surface area contributed by atoms with Gasteiger partial charge in [0.25, 0.3) is 11.9 Å². The van der Waals surface area contributed by atoms with E-state index in [9.17, 15) is 10.1 Å². The lowest BCUT2D eigenvalue weighted by Gasteiger charge is -1.94. The number of nitro groups is 1. The Morgan fingerprint density at radius 3 is 2.67 bits per heavy atom. The molecule has 0 spiro atoms. The van der Waals surface area contributed by atoms with E-state index in [0.717, 1.165) is 15.7 Å². The Morgan fingerprint density at radius 1 is 1.42 bits per heavy atom. The molecule has 3 nitrogen and oxygen atoms in total. The van der Waals surface area contributed by atoms with Crippen LogP contribution in [0.2, 0.25) is 0 Å². The molecule has 0 heterocycles. The first-order valence-corrected chi connectivity index (χ1v) is 5.46. The van der Waals surface area contributed by atoms with Crippen molar-refractivity contribution in [2.45, 2.75) is 9.79 Å². The molecular formula is C6H4NO2S3. The van der Waals surface area contributed by atoms with Gasteiger partial charge in [-0.05, 0) is 40.7 Å². The van der Waals surface area contributed by atoms with Crippen LogP contribution in [0.3, 0.4) is 0 Å². The Morgan fingerprint density at radius 2 is 2.08 bits per heavy atom. The highest BCUT2D eigenvalue weighted by Gasteiger charge is 2.04. The fourth-order valence-electron chi connectivity index (χ4n) is 0.669.